The number of rotatable bonds is 4. The fourth-order valence-corrected chi connectivity index (χ4v) is 2.56. The summed E-state index contributed by atoms with van der Waals surface area (Å²) in [6.07, 6.45) is 6.66. The quantitative estimate of drug-likeness (QED) is 0.613. The highest BCUT2D eigenvalue weighted by atomic mass is 16.2. The molecule has 8 heteroatoms. The minimum absolute atomic E-state index is 0.302. The van der Waals surface area contributed by atoms with Crippen LogP contribution in [0.4, 0.5) is 5.95 Å². The number of benzene rings is 1. The van der Waals surface area contributed by atoms with E-state index in [0.717, 1.165) is 16.9 Å². The highest BCUT2D eigenvalue weighted by Gasteiger charge is 2.17. The van der Waals surface area contributed by atoms with Gasteiger partial charge in [0.25, 0.3) is 5.91 Å². The summed E-state index contributed by atoms with van der Waals surface area (Å²) < 4.78 is 3.32. The molecule has 0 saturated heterocycles. The zero-order valence-electron chi connectivity index (χ0n) is 13.9. The van der Waals surface area contributed by atoms with Crippen molar-refractivity contribution < 1.29 is 4.79 Å². The van der Waals surface area contributed by atoms with Crippen LogP contribution in [-0.2, 0) is 0 Å². The molecule has 0 atom stereocenters. The molecule has 0 aliphatic heterocycles. The Labute approximate surface area is 149 Å². The molecule has 8 nitrogen and oxygen atoms in total. The van der Waals surface area contributed by atoms with E-state index in [4.69, 9.17) is 0 Å². The van der Waals surface area contributed by atoms with E-state index < -0.39 is 0 Å². The topological polar surface area (TPSA) is 90.5 Å². The van der Waals surface area contributed by atoms with Crippen molar-refractivity contribution in [3.8, 4) is 11.4 Å². The number of nitrogens with zero attached hydrogens (tertiary/aromatic N) is 6. The number of nitrogens with one attached hydrogen (secondary N) is 1. The van der Waals surface area contributed by atoms with Crippen molar-refractivity contribution >= 4 is 11.9 Å². The molecule has 0 bridgehead atoms. The summed E-state index contributed by atoms with van der Waals surface area (Å²) >= 11 is 0. The summed E-state index contributed by atoms with van der Waals surface area (Å²) in [5, 5.41) is 15.0. The van der Waals surface area contributed by atoms with Gasteiger partial charge in [0.05, 0.1) is 17.6 Å². The van der Waals surface area contributed by atoms with Gasteiger partial charge in [-0.25, -0.2) is 4.68 Å². The summed E-state index contributed by atoms with van der Waals surface area (Å²) in [7, 11) is 0. The molecule has 3 aromatic heterocycles. The van der Waals surface area contributed by atoms with Crippen LogP contribution in [0.25, 0.3) is 11.4 Å². The predicted octanol–water partition coefficient (Wildman–Crippen LogP) is 2.41. The molecule has 0 radical (unpaired) electrons. The second kappa shape index (κ2) is 6.60. The molecule has 0 fully saturated rings. The molecular formula is C18H15N7O. The van der Waals surface area contributed by atoms with Crippen molar-refractivity contribution in [1.82, 2.24) is 29.5 Å². The maximum atomic E-state index is 12.7. The monoisotopic (exact) mass is 345 g/mol. The van der Waals surface area contributed by atoms with Crippen molar-refractivity contribution in [2.75, 3.05) is 5.32 Å². The first-order valence-electron chi connectivity index (χ1n) is 7.96. The molecule has 128 valence electrons. The number of aryl methyl sites for hydroxylation is 1. The third kappa shape index (κ3) is 2.95. The minimum atomic E-state index is -0.352. The second-order valence-corrected chi connectivity index (χ2v) is 5.63. The Kier molecular flexibility index (Phi) is 3.98. The van der Waals surface area contributed by atoms with Crippen LogP contribution >= 0.6 is 0 Å². The van der Waals surface area contributed by atoms with Crippen LogP contribution in [0.15, 0.2) is 67.4 Å². The highest BCUT2D eigenvalue weighted by Crippen LogP contribution is 2.15. The van der Waals surface area contributed by atoms with E-state index in [1.54, 1.807) is 27.7 Å². The number of carbonyl (C=O) groups excluding carboxylic acids is 1. The Morgan fingerprint density at radius 1 is 1.08 bits per heavy atom. The third-order valence-corrected chi connectivity index (χ3v) is 3.83. The Balaban J connectivity index is 1.61. The third-order valence-electron chi connectivity index (χ3n) is 3.83. The summed E-state index contributed by atoms with van der Waals surface area (Å²) in [6.45, 7) is 1.84. The van der Waals surface area contributed by atoms with E-state index in [0.29, 0.717) is 11.6 Å². The molecule has 1 N–H and O–H groups in total. The van der Waals surface area contributed by atoms with E-state index in [1.165, 1.54) is 6.33 Å². The molecule has 0 unspecified atom stereocenters. The Morgan fingerprint density at radius 2 is 1.88 bits per heavy atom. The number of anilines is 1. The van der Waals surface area contributed by atoms with Gasteiger partial charge in [-0.05, 0) is 31.2 Å². The van der Waals surface area contributed by atoms with Gasteiger partial charge in [-0.1, -0.05) is 18.2 Å². The second-order valence-electron chi connectivity index (χ2n) is 5.63. The first kappa shape index (κ1) is 15.7. The molecule has 1 aromatic carbocycles. The van der Waals surface area contributed by atoms with Crippen LogP contribution in [-0.4, -0.2) is 35.4 Å². The average Bonchev–Trinajstić information content (AvgIpc) is 3.30. The number of pyridine rings is 1. The summed E-state index contributed by atoms with van der Waals surface area (Å²) in [5.41, 5.74) is 2.72. The zero-order valence-corrected chi connectivity index (χ0v) is 13.9. The maximum absolute atomic E-state index is 12.7. The Morgan fingerprint density at radius 3 is 2.65 bits per heavy atom. The van der Waals surface area contributed by atoms with E-state index in [2.05, 4.69) is 25.6 Å². The predicted molar refractivity (Wildman–Crippen MR) is 95.4 cm³/mol. The Hall–Kier alpha value is -3.81. The Bertz CT molecular complexity index is 1040. The van der Waals surface area contributed by atoms with Crippen molar-refractivity contribution in [1.29, 1.82) is 0 Å². The van der Waals surface area contributed by atoms with Crippen LogP contribution in [0.5, 0.6) is 0 Å². The maximum Gasteiger partial charge on any atom is 0.278 e. The van der Waals surface area contributed by atoms with Crippen LogP contribution in [0.1, 0.15) is 16.1 Å². The number of aromatic nitrogens is 6. The molecule has 0 spiro atoms. The van der Waals surface area contributed by atoms with Gasteiger partial charge in [-0.3, -0.25) is 19.7 Å². The summed E-state index contributed by atoms with van der Waals surface area (Å²) in [6, 6.07) is 13.3. The molecule has 4 rings (SSSR count). The minimum Gasteiger partial charge on any atom is -0.289 e. The molecule has 0 saturated carbocycles. The molecule has 4 aromatic rings. The number of hydrogen-bond donors (Lipinski definition) is 1. The highest BCUT2D eigenvalue weighted by molar-refractivity contribution is 6.03. The standard InChI is InChI=1S/C18H15N7O/c1-13-11-25(14-6-3-2-4-7-14)23-16(13)17(26)21-18-22-20-12-24(18)15-8-5-9-19-10-15/h2-12H,1H3,(H,21,22,26). The van der Waals surface area contributed by atoms with E-state index in [1.807, 2.05) is 49.5 Å². The van der Waals surface area contributed by atoms with Crippen LogP contribution in [0.3, 0.4) is 0 Å². The van der Waals surface area contributed by atoms with Gasteiger partial charge in [0.15, 0.2) is 5.69 Å². The van der Waals surface area contributed by atoms with Gasteiger partial charge in [-0.2, -0.15) is 5.10 Å². The summed E-state index contributed by atoms with van der Waals surface area (Å²) in [4.78, 5) is 16.7. The number of hydrogen-bond acceptors (Lipinski definition) is 5. The molecule has 3 heterocycles. The smallest absolute Gasteiger partial charge is 0.278 e. The molecular weight excluding hydrogens is 330 g/mol. The molecule has 1 amide bonds. The normalized spacial score (nSPS) is 10.7. The van der Waals surface area contributed by atoms with Gasteiger partial charge < -0.3 is 0 Å². The van der Waals surface area contributed by atoms with Gasteiger partial charge in [-0.15, -0.1) is 10.2 Å². The lowest BCUT2D eigenvalue weighted by Crippen LogP contribution is -2.17. The first-order valence-corrected chi connectivity index (χ1v) is 7.96. The van der Waals surface area contributed by atoms with Crippen molar-refractivity contribution in [3.63, 3.8) is 0 Å². The van der Waals surface area contributed by atoms with E-state index in [-0.39, 0.29) is 5.91 Å². The van der Waals surface area contributed by atoms with Crippen molar-refractivity contribution in [2.24, 2.45) is 0 Å². The van der Waals surface area contributed by atoms with Crippen molar-refractivity contribution in [2.45, 2.75) is 6.92 Å². The summed E-state index contributed by atoms with van der Waals surface area (Å²) in [5.74, 6) is -0.0491. The number of carbonyl (C=O) groups is 1. The van der Waals surface area contributed by atoms with Gasteiger partial charge in [0.2, 0.25) is 5.95 Å². The number of amides is 1. The van der Waals surface area contributed by atoms with Gasteiger partial charge >= 0.3 is 0 Å². The first-order chi connectivity index (χ1) is 12.7. The SMILES string of the molecule is Cc1cn(-c2ccccc2)nc1C(=O)Nc1nncn1-c1cccnc1. The fourth-order valence-electron chi connectivity index (χ4n) is 2.56. The van der Waals surface area contributed by atoms with Crippen LogP contribution in [0.2, 0.25) is 0 Å². The lowest BCUT2D eigenvalue weighted by molar-refractivity contribution is 0.102. The lowest BCUT2D eigenvalue weighted by atomic mass is 10.2. The van der Waals surface area contributed by atoms with Crippen LogP contribution < -0.4 is 5.32 Å². The zero-order chi connectivity index (χ0) is 17.9. The molecule has 26 heavy (non-hydrogen) atoms. The molecule has 0 aliphatic rings. The number of para-hydroxylation sites is 1. The average molecular weight is 345 g/mol. The van der Waals surface area contributed by atoms with E-state index >= 15 is 0 Å². The lowest BCUT2D eigenvalue weighted by Gasteiger charge is -2.06. The largest absolute Gasteiger partial charge is 0.289 e. The fraction of sp³-hybridized carbons (Fsp3) is 0.0556. The van der Waals surface area contributed by atoms with E-state index in [9.17, 15) is 4.79 Å². The van der Waals surface area contributed by atoms with Gasteiger partial charge in [0.1, 0.15) is 6.33 Å². The molecule has 0 aliphatic carbocycles. The van der Waals surface area contributed by atoms with Crippen molar-refractivity contribution in [3.05, 3.63) is 78.6 Å². The van der Waals surface area contributed by atoms with Gasteiger partial charge in [0, 0.05) is 18.0 Å². The van der Waals surface area contributed by atoms with Crippen LogP contribution in [0, 0.1) is 6.92 Å².